The molecule has 13 heavy (non-hydrogen) atoms. The van der Waals surface area contributed by atoms with E-state index in [0.717, 1.165) is 6.54 Å². The summed E-state index contributed by atoms with van der Waals surface area (Å²) >= 11 is 0. The van der Waals surface area contributed by atoms with Crippen LogP contribution in [0.5, 0.6) is 0 Å². The highest BCUT2D eigenvalue weighted by molar-refractivity contribution is 4.95. The number of rotatable bonds is 2. The number of piperidine rings is 1. The third-order valence-corrected chi connectivity index (χ3v) is 3.96. The van der Waals surface area contributed by atoms with Crippen molar-refractivity contribution in [2.45, 2.75) is 51.0 Å². The van der Waals surface area contributed by atoms with E-state index in [2.05, 4.69) is 5.32 Å². The summed E-state index contributed by atoms with van der Waals surface area (Å²) in [6, 6.07) is 0.605. The summed E-state index contributed by atoms with van der Waals surface area (Å²) in [5, 5.41) is 13.1. The van der Waals surface area contributed by atoms with Crippen LogP contribution in [-0.4, -0.2) is 24.3 Å². The van der Waals surface area contributed by atoms with E-state index < -0.39 is 0 Å². The summed E-state index contributed by atoms with van der Waals surface area (Å²) in [6.07, 6.45) is 9.05. The van der Waals surface area contributed by atoms with Crippen molar-refractivity contribution < 1.29 is 5.11 Å². The zero-order valence-corrected chi connectivity index (χ0v) is 8.39. The van der Waals surface area contributed by atoms with Gasteiger partial charge in [0.05, 0.1) is 6.61 Å². The Balaban J connectivity index is 2.01. The number of hydrogen-bond donors (Lipinski definition) is 2. The minimum absolute atomic E-state index is 0.250. The fourth-order valence-electron chi connectivity index (χ4n) is 3.07. The van der Waals surface area contributed by atoms with Crippen molar-refractivity contribution in [2.24, 2.45) is 5.41 Å². The lowest BCUT2D eigenvalue weighted by molar-refractivity contribution is 0.0741. The molecule has 0 amide bonds. The summed E-state index contributed by atoms with van der Waals surface area (Å²) in [6.45, 7) is 1.55. The molecule has 2 N–H and O–H groups in total. The highest BCUT2D eigenvalue weighted by Crippen LogP contribution is 2.42. The Morgan fingerprint density at radius 2 is 1.92 bits per heavy atom. The minimum Gasteiger partial charge on any atom is -0.396 e. The second-order valence-electron chi connectivity index (χ2n) is 4.73. The molecule has 0 spiro atoms. The molecule has 1 atom stereocenters. The molecule has 2 nitrogen and oxygen atoms in total. The van der Waals surface area contributed by atoms with Crippen LogP contribution in [0, 0.1) is 5.41 Å². The summed E-state index contributed by atoms with van der Waals surface area (Å²) < 4.78 is 0. The van der Waals surface area contributed by atoms with Crippen LogP contribution >= 0.6 is 0 Å². The first-order valence-corrected chi connectivity index (χ1v) is 5.72. The van der Waals surface area contributed by atoms with E-state index in [-0.39, 0.29) is 5.41 Å². The van der Waals surface area contributed by atoms with E-state index in [1.165, 1.54) is 44.9 Å². The van der Waals surface area contributed by atoms with Crippen LogP contribution < -0.4 is 5.32 Å². The van der Waals surface area contributed by atoms with Crippen LogP contribution in [-0.2, 0) is 0 Å². The number of hydrogen-bond acceptors (Lipinski definition) is 2. The van der Waals surface area contributed by atoms with Crippen LogP contribution in [0.15, 0.2) is 0 Å². The van der Waals surface area contributed by atoms with Gasteiger partial charge in [0.25, 0.3) is 0 Å². The first kappa shape index (κ1) is 9.47. The van der Waals surface area contributed by atoms with Gasteiger partial charge in [-0.15, -0.1) is 0 Å². The smallest absolute Gasteiger partial charge is 0.0502 e. The molecule has 0 aromatic heterocycles. The molecule has 2 heteroatoms. The topological polar surface area (TPSA) is 32.3 Å². The average Bonchev–Trinajstić information content (AvgIpc) is 2.69. The van der Waals surface area contributed by atoms with Gasteiger partial charge in [-0.2, -0.15) is 0 Å². The lowest BCUT2D eigenvalue weighted by Crippen LogP contribution is -2.48. The fraction of sp³-hybridized carbons (Fsp3) is 1.00. The molecular formula is C11H21NO. The molecule has 1 saturated heterocycles. The first-order chi connectivity index (χ1) is 6.37. The molecule has 0 aromatic rings. The fourth-order valence-corrected chi connectivity index (χ4v) is 3.07. The third-order valence-electron chi connectivity index (χ3n) is 3.96. The molecule has 1 aliphatic heterocycles. The number of aliphatic hydroxyl groups excluding tert-OH is 1. The molecule has 1 aliphatic carbocycles. The molecule has 0 radical (unpaired) electrons. The highest BCUT2D eigenvalue weighted by Gasteiger charge is 2.40. The van der Waals surface area contributed by atoms with Crippen molar-refractivity contribution in [1.82, 2.24) is 5.32 Å². The van der Waals surface area contributed by atoms with E-state index in [4.69, 9.17) is 0 Å². The normalized spacial score (nSPS) is 33.5. The van der Waals surface area contributed by atoms with Gasteiger partial charge >= 0.3 is 0 Å². The zero-order valence-electron chi connectivity index (χ0n) is 8.39. The zero-order chi connectivity index (χ0) is 9.15. The maximum Gasteiger partial charge on any atom is 0.0502 e. The van der Waals surface area contributed by atoms with Crippen LogP contribution in [0.3, 0.4) is 0 Å². The Bertz CT molecular complexity index is 157. The Labute approximate surface area is 80.7 Å². The molecule has 2 rings (SSSR count). The molecule has 1 heterocycles. The van der Waals surface area contributed by atoms with E-state index in [0.29, 0.717) is 12.6 Å². The predicted molar refractivity (Wildman–Crippen MR) is 53.6 cm³/mol. The highest BCUT2D eigenvalue weighted by atomic mass is 16.3. The molecule has 0 bridgehead atoms. The van der Waals surface area contributed by atoms with E-state index >= 15 is 0 Å². The Morgan fingerprint density at radius 1 is 1.15 bits per heavy atom. The van der Waals surface area contributed by atoms with Gasteiger partial charge in [-0.05, 0) is 32.2 Å². The van der Waals surface area contributed by atoms with Gasteiger partial charge in [0, 0.05) is 11.5 Å². The van der Waals surface area contributed by atoms with Gasteiger partial charge in [0.15, 0.2) is 0 Å². The lowest BCUT2D eigenvalue weighted by Gasteiger charge is -2.39. The molecule has 1 unspecified atom stereocenters. The molecule has 2 aliphatic rings. The quantitative estimate of drug-likeness (QED) is 0.682. The standard InChI is InChI=1S/C11H21NO/c13-9-11(6-2-3-7-11)10-5-1-4-8-12-10/h10,12-13H,1-9H2. The SMILES string of the molecule is OCC1(C2CCCCN2)CCCC1. The van der Waals surface area contributed by atoms with E-state index in [1.54, 1.807) is 0 Å². The lowest BCUT2D eigenvalue weighted by atomic mass is 9.76. The van der Waals surface area contributed by atoms with Gasteiger partial charge in [0.2, 0.25) is 0 Å². The molecule has 2 fully saturated rings. The second-order valence-corrected chi connectivity index (χ2v) is 4.73. The summed E-state index contributed by atoms with van der Waals surface area (Å²) in [5.74, 6) is 0. The number of nitrogens with one attached hydrogen (secondary N) is 1. The van der Waals surface area contributed by atoms with Gasteiger partial charge in [-0.3, -0.25) is 0 Å². The van der Waals surface area contributed by atoms with Gasteiger partial charge < -0.3 is 10.4 Å². The first-order valence-electron chi connectivity index (χ1n) is 5.72. The summed E-state index contributed by atoms with van der Waals surface area (Å²) in [5.41, 5.74) is 0.250. The second kappa shape index (κ2) is 3.97. The third kappa shape index (κ3) is 1.75. The molecule has 76 valence electrons. The summed E-state index contributed by atoms with van der Waals surface area (Å²) in [4.78, 5) is 0. The predicted octanol–water partition coefficient (Wildman–Crippen LogP) is 1.68. The maximum absolute atomic E-state index is 9.53. The summed E-state index contributed by atoms with van der Waals surface area (Å²) in [7, 11) is 0. The van der Waals surface area contributed by atoms with Gasteiger partial charge in [0.1, 0.15) is 0 Å². The van der Waals surface area contributed by atoms with Crippen LogP contribution in [0.2, 0.25) is 0 Å². The van der Waals surface area contributed by atoms with Crippen molar-refractivity contribution in [2.75, 3.05) is 13.2 Å². The van der Waals surface area contributed by atoms with E-state index in [9.17, 15) is 5.11 Å². The van der Waals surface area contributed by atoms with Crippen LogP contribution in [0.25, 0.3) is 0 Å². The van der Waals surface area contributed by atoms with Crippen molar-refractivity contribution in [3.05, 3.63) is 0 Å². The van der Waals surface area contributed by atoms with Crippen molar-refractivity contribution >= 4 is 0 Å². The van der Waals surface area contributed by atoms with Gasteiger partial charge in [-0.1, -0.05) is 19.3 Å². The number of aliphatic hydroxyl groups is 1. The average molecular weight is 183 g/mol. The Hall–Kier alpha value is -0.0800. The largest absolute Gasteiger partial charge is 0.396 e. The molecule has 1 saturated carbocycles. The minimum atomic E-state index is 0.250. The monoisotopic (exact) mass is 183 g/mol. The van der Waals surface area contributed by atoms with Crippen molar-refractivity contribution in [3.8, 4) is 0 Å². The molecular weight excluding hydrogens is 162 g/mol. The maximum atomic E-state index is 9.53. The Kier molecular flexibility index (Phi) is 2.89. The van der Waals surface area contributed by atoms with Crippen LogP contribution in [0.1, 0.15) is 44.9 Å². The molecule has 0 aromatic carbocycles. The Morgan fingerprint density at radius 3 is 2.46 bits per heavy atom. The van der Waals surface area contributed by atoms with E-state index in [1.807, 2.05) is 0 Å². The van der Waals surface area contributed by atoms with Crippen molar-refractivity contribution in [1.29, 1.82) is 0 Å². The van der Waals surface area contributed by atoms with Gasteiger partial charge in [-0.25, -0.2) is 0 Å². The van der Waals surface area contributed by atoms with Crippen LogP contribution in [0.4, 0.5) is 0 Å². The van der Waals surface area contributed by atoms with Crippen molar-refractivity contribution in [3.63, 3.8) is 0 Å².